The van der Waals surface area contributed by atoms with Gasteiger partial charge in [-0.05, 0) is 35.9 Å². The van der Waals surface area contributed by atoms with Gasteiger partial charge in [-0.25, -0.2) is 4.79 Å². The molecule has 0 radical (unpaired) electrons. The molecule has 34 heavy (non-hydrogen) atoms. The Bertz CT molecular complexity index is 899. The van der Waals surface area contributed by atoms with Crippen LogP contribution in [0.25, 0.3) is 0 Å². The average Bonchev–Trinajstić information content (AvgIpc) is 2.82. The molecule has 1 aliphatic heterocycles. The highest BCUT2D eigenvalue weighted by molar-refractivity contribution is 6.76. The number of hydrogen-bond donors (Lipinski definition) is 3. The Morgan fingerprint density at radius 3 is 2.26 bits per heavy atom. The van der Waals surface area contributed by atoms with Crippen LogP contribution in [0.5, 0.6) is 5.75 Å². The molecule has 186 valence electrons. The first-order valence-electron chi connectivity index (χ1n) is 11.4. The third-order valence-electron chi connectivity index (χ3n) is 5.52. The van der Waals surface area contributed by atoms with Crippen molar-refractivity contribution in [3.05, 3.63) is 65.7 Å². The Morgan fingerprint density at radius 1 is 0.941 bits per heavy atom. The van der Waals surface area contributed by atoms with Crippen molar-refractivity contribution in [2.45, 2.75) is 63.0 Å². The van der Waals surface area contributed by atoms with Crippen LogP contribution in [0, 0.1) is 0 Å². The Balaban J connectivity index is 1.50. The second-order valence-corrected chi connectivity index (χ2v) is 15.2. The molecule has 1 saturated heterocycles. The van der Waals surface area contributed by atoms with Crippen LogP contribution in [0.1, 0.15) is 15.9 Å². The molecule has 0 bridgehead atoms. The minimum Gasteiger partial charge on any atom is -0.489 e. The van der Waals surface area contributed by atoms with Crippen LogP contribution in [0.15, 0.2) is 54.6 Å². The predicted octanol–water partition coefficient (Wildman–Crippen LogP) is 2.58. The molecular weight excluding hydrogens is 456 g/mol. The number of aliphatic hydroxyl groups excluding tert-OH is 3. The number of carbonyl (C=O) groups is 1. The lowest BCUT2D eigenvalue weighted by Crippen LogP contribution is -2.59. The lowest BCUT2D eigenvalue weighted by Gasteiger charge is -2.40. The van der Waals surface area contributed by atoms with Crippen molar-refractivity contribution in [2.75, 3.05) is 13.2 Å². The van der Waals surface area contributed by atoms with Gasteiger partial charge in [-0.15, -0.1) is 0 Å². The number of rotatable bonds is 10. The molecule has 1 aliphatic rings. The SMILES string of the molecule is C[Si](C)(C)CCO[C@@H]1O[C@H](COC(=O)c2ccc(OCc3ccccc3)cc2)[C@@H](O)[C@H](O)[C@H]1O. The second-order valence-electron chi connectivity index (χ2n) is 9.59. The monoisotopic (exact) mass is 490 g/mol. The van der Waals surface area contributed by atoms with Gasteiger partial charge in [0.25, 0.3) is 0 Å². The van der Waals surface area contributed by atoms with Gasteiger partial charge in [0.2, 0.25) is 0 Å². The second kappa shape index (κ2) is 11.9. The molecule has 0 spiro atoms. The molecule has 1 fully saturated rings. The number of benzene rings is 2. The number of esters is 1. The molecule has 1 heterocycles. The summed E-state index contributed by atoms with van der Waals surface area (Å²) in [6, 6.07) is 17.1. The molecular formula is C25H34O8Si. The Morgan fingerprint density at radius 2 is 1.62 bits per heavy atom. The largest absolute Gasteiger partial charge is 0.489 e. The number of hydrogen-bond acceptors (Lipinski definition) is 8. The molecule has 3 rings (SSSR count). The third kappa shape index (κ3) is 7.62. The van der Waals surface area contributed by atoms with Crippen molar-refractivity contribution in [2.24, 2.45) is 0 Å². The molecule has 3 N–H and O–H groups in total. The highest BCUT2D eigenvalue weighted by atomic mass is 28.3. The van der Waals surface area contributed by atoms with E-state index in [-0.39, 0.29) is 6.61 Å². The summed E-state index contributed by atoms with van der Waals surface area (Å²) in [5.74, 6) is 0.00378. The maximum Gasteiger partial charge on any atom is 0.338 e. The zero-order valence-electron chi connectivity index (χ0n) is 19.8. The van der Waals surface area contributed by atoms with Crippen LogP contribution < -0.4 is 4.74 Å². The summed E-state index contributed by atoms with van der Waals surface area (Å²) < 4.78 is 22.2. The number of carbonyl (C=O) groups excluding carboxylic acids is 1. The summed E-state index contributed by atoms with van der Waals surface area (Å²) in [5, 5.41) is 30.6. The standard InChI is InChI=1S/C25H34O8Si/c1-34(2,3)14-13-30-25-23(28)22(27)21(26)20(33-25)16-32-24(29)18-9-11-19(12-10-18)31-15-17-7-5-4-6-8-17/h4-12,20-23,25-28H,13-16H2,1-3H3/t20-,21-,22+,23-,25-/m1/s1. The zero-order valence-corrected chi connectivity index (χ0v) is 20.8. The van der Waals surface area contributed by atoms with Gasteiger partial charge in [-0.2, -0.15) is 0 Å². The molecule has 8 nitrogen and oxygen atoms in total. The first-order valence-corrected chi connectivity index (χ1v) is 15.1. The average molecular weight is 491 g/mol. The normalized spacial score (nSPS) is 25.1. The Hall–Kier alpha value is -2.27. The van der Waals surface area contributed by atoms with Gasteiger partial charge < -0.3 is 34.3 Å². The molecule has 5 atom stereocenters. The minimum absolute atomic E-state index is 0.302. The van der Waals surface area contributed by atoms with Gasteiger partial charge in [0.05, 0.1) is 5.56 Å². The zero-order chi connectivity index (χ0) is 24.7. The quantitative estimate of drug-likeness (QED) is 0.344. The van der Waals surface area contributed by atoms with Gasteiger partial charge in [0, 0.05) is 14.7 Å². The van der Waals surface area contributed by atoms with Crippen LogP contribution in [0.4, 0.5) is 0 Å². The van der Waals surface area contributed by atoms with E-state index in [1.807, 2.05) is 30.3 Å². The molecule has 9 heteroatoms. The first kappa shape index (κ1) is 26.3. The summed E-state index contributed by atoms with van der Waals surface area (Å²) in [5.41, 5.74) is 1.34. The van der Waals surface area contributed by atoms with Crippen molar-refractivity contribution in [1.82, 2.24) is 0 Å². The van der Waals surface area contributed by atoms with Gasteiger partial charge in [-0.1, -0.05) is 50.0 Å². The van der Waals surface area contributed by atoms with E-state index in [2.05, 4.69) is 19.6 Å². The van der Waals surface area contributed by atoms with E-state index in [9.17, 15) is 20.1 Å². The summed E-state index contributed by atoms with van der Waals surface area (Å²) in [4.78, 5) is 12.5. The minimum atomic E-state index is -1.48. The molecule has 0 aliphatic carbocycles. The van der Waals surface area contributed by atoms with Crippen molar-refractivity contribution in [3.63, 3.8) is 0 Å². The van der Waals surface area contributed by atoms with Gasteiger partial charge in [0.1, 0.15) is 43.4 Å². The topological polar surface area (TPSA) is 115 Å². The molecule has 0 unspecified atom stereocenters. The van der Waals surface area contributed by atoms with Gasteiger partial charge in [-0.3, -0.25) is 0 Å². The van der Waals surface area contributed by atoms with E-state index in [1.54, 1.807) is 24.3 Å². The van der Waals surface area contributed by atoms with Crippen molar-refractivity contribution < 1.29 is 39.1 Å². The van der Waals surface area contributed by atoms with Gasteiger partial charge >= 0.3 is 5.97 Å². The smallest absolute Gasteiger partial charge is 0.338 e. The number of ether oxygens (including phenoxy) is 4. The Labute approximate surface area is 201 Å². The summed E-state index contributed by atoms with van der Waals surface area (Å²) >= 11 is 0. The van der Waals surface area contributed by atoms with E-state index in [1.165, 1.54) is 0 Å². The highest BCUT2D eigenvalue weighted by Crippen LogP contribution is 2.24. The maximum absolute atomic E-state index is 12.5. The summed E-state index contributed by atoms with van der Waals surface area (Å²) in [7, 11) is -1.36. The van der Waals surface area contributed by atoms with Crippen LogP contribution in [-0.2, 0) is 20.8 Å². The van der Waals surface area contributed by atoms with Crippen LogP contribution in [-0.4, -0.2) is 73.3 Å². The number of aliphatic hydroxyl groups is 3. The van der Waals surface area contributed by atoms with Crippen molar-refractivity contribution in [1.29, 1.82) is 0 Å². The fourth-order valence-corrected chi connectivity index (χ4v) is 4.07. The van der Waals surface area contributed by atoms with Gasteiger partial charge in [0.15, 0.2) is 6.29 Å². The maximum atomic E-state index is 12.5. The Kier molecular flexibility index (Phi) is 9.23. The first-order chi connectivity index (χ1) is 16.1. The molecule has 0 amide bonds. The van der Waals surface area contributed by atoms with E-state index in [0.29, 0.717) is 24.5 Å². The molecule has 2 aromatic rings. The fourth-order valence-electron chi connectivity index (χ4n) is 3.34. The van der Waals surface area contributed by atoms with Crippen molar-refractivity contribution in [3.8, 4) is 5.75 Å². The molecule has 0 saturated carbocycles. The van der Waals surface area contributed by atoms with E-state index >= 15 is 0 Å². The van der Waals surface area contributed by atoms with E-state index in [4.69, 9.17) is 18.9 Å². The van der Waals surface area contributed by atoms with Crippen molar-refractivity contribution >= 4 is 14.0 Å². The predicted molar refractivity (Wildman–Crippen MR) is 128 cm³/mol. The summed E-state index contributed by atoms with van der Waals surface area (Å²) in [6.45, 7) is 7.05. The van der Waals surface area contributed by atoms with E-state index < -0.39 is 44.7 Å². The van der Waals surface area contributed by atoms with E-state index in [0.717, 1.165) is 11.6 Å². The summed E-state index contributed by atoms with van der Waals surface area (Å²) in [6.07, 6.45) is -6.44. The lowest BCUT2D eigenvalue weighted by atomic mass is 9.99. The fraction of sp³-hybridized carbons (Fsp3) is 0.480. The molecule has 0 aromatic heterocycles. The third-order valence-corrected chi connectivity index (χ3v) is 7.22. The van der Waals surface area contributed by atoms with Crippen LogP contribution in [0.3, 0.4) is 0 Å². The highest BCUT2D eigenvalue weighted by Gasteiger charge is 2.44. The lowest BCUT2D eigenvalue weighted by molar-refractivity contribution is -0.299. The molecule has 2 aromatic carbocycles. The van der Waals surface area contributed by atoms with Crippen LogP contribution >= 0.6 is 0 Å². The van der Waals surface area contributed by atoms with Crippen LogP contribution in [0.2, 0.25) is 25.7 Å².